The molecule has 128 valence electrons. The molecule has 1 aromatic carbocycles. The van der Waals surface area contributed by atoms with Crippen LogP contribution in [-0.2, 0) is 4.74 Å². The molecule has 0 aliphatic carbocycles. The lowest BCUT2D eigenvalue weighted by Gasteiger charge is -2.11. The van der Waals surface area contributed by atoms with Gasteiger partial charge in [-0.3, -0.25) is 5.32 Å². The maximum atomic E-state index is 13.2. The zero-order chi connectivity index (χ0) is 17.8. The molecule has 0 fully saturated rings. The van der Waals surface area contributed by atoms with Crippen LogP contribution in [0.4, 0.5) is 28.0 Å². The molecule has 0 aromatic heterocycles. The number of benzene rings is 1. The summed E-state index contributed by atoms with van der Waals surface area (Å²) < 4.78 is 57.0. The van der Waals surface area contributed by atoms with Gasteiger partial charge in [-0.1, -0.05) is 27.7 Å². The standard InChI is InChI=1S/C10H9F4NO3.2C2H6/c1-2-17-9(16)15-8-5-6(3-4-7(8)11)18-10(12,13)14;2*1-2/h3-5H,2H2,1H3,(H,15,16);2*1-2H3. The van der Waals surface area contributed by atoms with Crippen LogP contribution in [-0.4, -0.2) is 19.1 Å². The fourth-order valence-electron chi connectivity index (χ4n) is 1.07. The summed E-state index contributed by atoms with van der Waals surface area (Å²) in [4.78, 5) is 11.0. The molecule has 0 heterocycles. The van der Waals surface area contributed by atoms with Gasteiger partial charge in [0.2, 0.25) is 0 Å². The number of carbonyl (C=O) groups excluding carboxylic acids is 1. The number of carbonyl (C=O) groups is 1. The van der Waals surface area contributed by atoms with E-state index in [1.807, 2.05) is 33.0 Å². The summed E-state index contributed by atoms with van der Waals surface area (Å²) in [5.74, 6) is -1.55. The zero-order valence-electron chi connectivity index (χ0n) is 13.2. The number of hydrogen-bond acceptors (Lipinski definition) is 3. The Kier molecular flexibility index (Phi) is 11.8. The fraction of sp³-hybridized carbons (Fsp3) is 0.500. The summed E-state index contributed by atoms with van der Waals surface area (Å²) in [6, 6.07) is 2.24. The van der Waals surface area contributed by atoms with E-state index < -0.39 is 29.7 Å². The van der Waals surface area contributed by atoms with Crippen LogP contribution in [0.2, 0.25) is 0 Å². The van der Waals surface area contributed by atoms with Gasteiger partial charge < -0.3 is 9.47 Å². The molecule has 1 aromatic rings. The molecule has 22 heavy (non-hydrogen) atoms. The fourth-order valence-corrected chi connectivity index (χ4v) is 1.07. The lowest BCUT2D eigenvalue weighted by atomic mass is 10.3. The Morgan fingerprint density at radius 1 is 1.18 bits per heavy atom. The van der Waals surface area contributed by atoms with Crippen LogP contribution in [0.3, 0.4) is 0 Å². The predicted octanol–water partition coefficient (Wildman–Crippen LogP) is 5.35. The third kappa shape index (κ3) is 9.84. The topological polar surface area (TPSA) is 47.6 Å². The number of hydrogen-bond donors (Lipinski definition) is 1. The Balaban J connectivity index is 0. The molecule has 0 atom stereocenters. The number of rotatable bonds is 3. The molecule has 0 aliphatic heterocycles. The average molecular weight is 327 g/mol. The Hall–Kier alpha value is -1.99. The lowest BCUT2D eigenvalue weighted by Crippen LogP contribution is -2.18. The number of nitrogens with one attached hydrogen (secondary N) is 1. The summed E-state index contributed by atoms with van der Waals surface area (Å²) in [5, 5.41) is 1.95. The van der Waals surface area contributed by atoms with Gasteiger partial charge in [-0.25, -0.2) is 9.18 Å². The van der Waals surface area contributed by atoms with E-state index in [1.165, 1.54) is 6.92 Å². The van der Waals surface area contributed by atoms with Crippen molar-refractivity contribution in [2.45, 2.75) is 41.0 Å². The summed E-state index contributed by atoms with van der Waals surface area (Å²) in [6.45, 7) is 9.57. The van der Waals surface area contributed by atoms with Crippen molar-refractivity contribution in [3.8, 4) is 5.75 Å². The zero-order valence-corrected chi connectivity index (χ0v) is 13.2. The minimum absolute atomic E-state index is 0.0478. The highest BCUT2D eigenvalue weighted by Crippen LogP contribution is 2.27. The molecule has 0 bridgehead atoms. The first-order chi connectivity index (χ1) is 10.3. The van der Waals surface area contributed by atoms with Crippen molar-refractivity contribution >= 4 is 11.8 Å². The second-order valence-electron chi connectivity index (χ2n) is 3.03. The molecule has 1 amide bonds. The lowest BCUT2D eigenvalue weighted by molar-refractivity contribution is -0.274. The van der Waals surface area contributed by atoms with Crippen molar-refractivity contribution in [3.05, 3.63) is 24.0 Å². The highest BCUT2D eigenvalue weighted by molar-refractivity contribution is 5.85. The SMILES string of the molecule is CC.CC.CCOC(=O)Nc1cc(OC(F)(F)F)ccc1F. The molecular weight excluding hydrogens is 306 g/mol. The van der Waals surface area contributed by atoms with Crippen LogP contribution in [0.15, 0.2) is 18.2 Å². The van der Waals surface area contributed by atoms with E-state index in [1.54, 1.807) is 0 Å². The average Bonchev–Trinajstić information content (AvgIpc) is 2.45. The van der Waals surface area contributed by atoms with E-state index in [0.29, 0.717) is 6.07 Å². The van der Waals surface area contributed by atoms with Crippen molar-refractivity contribution < 1.29 is 31.8 Å². The smallest absolute Gasteiger partial charge is 0.450 e. The monoisotopic (exact) mass is 327 g/mol. The van der Waals surface area contributed by atoms with Crippen molar-refractivity contribution in [3.63, 3.8) is 0 Å². The molecular formula is C14H21F4NO3. The first-order valence-corrected chi connectivity index (χ1v) is 6.81. The van der Waals surface area contributed by atoms with Crippen LogP contribution < -0.4 is 10.1 Å². The van der Waals surface area contributed by atoms with Crippen LogP contribution in [0.5, 0.6) is 5.75 Å². The summed E-state index contributed by atoms with van der Waals surface area (Å²) in [6.07, 6.45) is -5.86. The maximum Gasteiger partial charge on any atom is 0.573 e. The largest absolute Gasteiger partial charge is 0.573 e. The van der Waals surface area contributed by atoms with Crippen LogP contribution >= 0.6 is 0 Å². The number of halogens is 4. The van der Waals surface area contributed by atoms with E-state index in [4.69, 9.17) is 0 Å². The van der Waals surface area contributed by atoms with Crippen LogP contribution in [0.25, 0.3) is 0 Å². The van der Waals surface area contributed by atoms with Crippen molar-refractivity contribution in [1.29, 1.82) is 0 Å². The van der Waals surface area contributed by atoms with E-state index in [-0.39, 0.29) is 6.61 Å². The van der Waals surface area contributed by atoms with E-state index in [0.717, 1.165) is 12.1 Å². The summed E-state index contributed by atoms with van der Waals surface area (Å²) >= 11 is 0. The first kappa shape index (κ1) is 22.3. The Labute approximate surface area is 127 Å². The molecule has 0 saturated carbocycles. The van der Waals surface area contributed by atoms with E-state index >= 15 is 0 Å². The van der Waals surface area contributed by atoms with Gasteiger partial charge in [-0.2, -0.15) is 0 Å². The third-order valence-corrected chi connectivity index (χ3v) is 1.68. The number of alkyl halides is 3. The quantitative estimate of drug-likeness (QED) is 0.762. The summed E-state index contributed by atoms with van der Waals surface area (Å²) in [7, 11) is 0. The third-order valence-electron chi connectivity index (χ3n) is 1.68. The Bertz CT molecular complexity index is 437. The molecule has 1 rings (SSSR count). The van der Waals surface area contributed by atoms with E-state index in [2.05, 4.69) is 9.47 Å². The highest BCUT2D eigenvalue weighted by Gasteiger charge is 2.31. The van der Waals surface area contributed by atoms with Crippen molar-refractivity contribution in [1.82, 2.24) is 0 Å². The number of ether oxygens (including phenoxy) is 2. The van der Waals surface area contributed by atoms with Crippen LogP contribution in [0, 0.1) is 5.82 Å². The molecule has 1 N–H and O–H groups in total. The molecule has 0 saturated heterocycles. The minimum atomic E-state index is -4.89. The molecule has 0 radical (unpaired) electrons. The number of anilines is 1. The Morgan fingerprint density at radius 3 is 2.18 bits per heavy atom. The molecule has 0 unspecified atom stereocenters. The van der Waals surface area contributed by atoms with Gasteiger partial charge >= 0.3 is 12.5 Å². The predicted molar refractivity (Wildman–Crippen MR) is 76.4 cm³/mol. The summed E-state index contributed by atoms with van der Waals surface area (Å²) in [5.41, 5.74) is -0.463. The molecule has 4 nitrogen and oxygen atoms in total. The van der Waals surface area contributed by atoms with Gasteiger partial charge in [-0.15, -0.1) is 13.2 Å². The minimum Gasteiger partial charge on any atom is -0.450 e. The maximum absolute atomic E-state index is 13.2. The second-order valence-corrected chi connectivity index (χ2v) is 3.03. The van der Waals surface area contributed by atoms with Gasteiger partial charge in [-0.05, 0) is 19.1 Å². The molecule has 0 aliphatic rings. The Morgan fingerprint density at radius 2 is 1.73 bits per heavy atom. The van der Waals surface area contributed by atoms with Gasteiger partial charge in [0, 0.05) is 6.07 Å². The van der Waals surface area contributed by atoms with Gasteiger partial charge in [0.25, 0.3) is 0 Å². The first-order valence-electron chi connectivity index (χ1n) is 6.81. The van der Waals surface area contributed by atoms with Gasteiger partial charge in [0.15, 0.2) is 0 Å². The van der Waals surface area contributed by atoms with Crippen molar-refractivity contribution in [2.75, 3.05) is 11.9 Å². The van der Waals surface area contributed by atoms with Crippen LogP contribution in [0.1, 0.15) is 34.6 Å². The van der Waals surface area contributed by atoms with Gasteiger partial charge in [0.05, 0.1) is 12.3 Å². The van der Waals surface area contributed by atoms with E-state index in [9.17, 15) is 22.4 Å². The second kappa shape index (κ2) is 11.6. The highest BCUT2D eigenvalue weighted by atomic mass is 19.4. The van der Waals surface area contributed by atoms with Crippen molar-refractivity contribution in [2.24, 2.45) is 0 Å². The molecule has 8 heteroatoms. The number of amides is 1. The normalized spacial score (nSPS) is 9.50. The van der Waals surface area contributed by atoms with Gasteiger partial charge in [0.1, 0.15) is 11.6 Å². The molecule has 0 spiro atoms.